The van der Waals surface area contributed by atoms with Crippen LogP contribution in [0.4, 0.5) is 0 Å². The molecule has 72 valence electrons. The first kappa shape index (κ1) is 11.4. The average Bonchev–Trinajstić information content (AvgIpc) is 2.05. The highest BCUT2D eigenvalue weighted by Gasteiger charge is 2.28. The van der Waals surface area contributed by atoms with Gasteiger partial charge in [0.15, 0.2) is 5.60 Å². The van der Waals surface area contributed by atoms with Crippen LogP contribution in [0.3, 0.4) is 0 Å². The van der Waals surface area contributed by atoms with Crippen molar-refractivity contribution in [1.29, 1.82) is 0 Å². The van der Waals surface area contributed by atoms with Crippen molar-refractivity contribution in [2.75, 3.05) is 13.7 Å². The van der Waals surface area contributed by atoms with Crippen LogP contribution in [0.2, 0.25) is 0 Å². The van der Waals surface area contributed by atoms with Crippen molar-refractivity contribution in [2.45, 2.75) is 39.2 Å². The minimum Gasteiger partial charge on any atom is -0.464 e. The monoisotopic (exact) mass is 174 g/mol. The molecular formula is C9H18O3. The van der Waals surface area contributed by atoms with Crippen LogP contribution in [0.25, 0.3) is 0 Å². The van der Waals surface area contributed by atoms with E-state index in [9.17, 15) is 4.79 Å². The Labute approximate surface area is 74.0 Å². The van der Waals surface area contributed by atoms with Gasteiger partial charge in [0.25, 0.3) is 0 Å². The van der Waals surface area contributed by atoms with Crippen molar-refractivity contribution in [1.82, 2.24) is 0 Å². The molecule has 0 saturated carbocycles. The molecule has 0 unspecified atom stereocenters. The van der Waals surface area contributed by atoms with Gasteiger partial charge in [0.05, 0.1) is 6.61 Å². The van der Waals surface area contributed by atoms with Crippen molar-refractivity contribution in [3.8, 4) is 0 Å². The third-order valence-corrected chi connectivity index (χ3v) is 1.73. The zero-order chi connectivity index (χ0) is 9.61. The van der Waals surface area contributed by atoms with Crippen LogP contribution in [-0.4, -0.2) is 25.3 Å². The number of hydrogen-bond acceptors (Lipinski definition) is 3. The van der Waals surface area contributed by atoms with E-state index in [2.05, 4.69) is 6.92 Å². The Balaban J connectivity index is 3.72. The topological polar surface area (TPSA) is 35.5 Å². The highest BCUT2D eigenvalue weighted by molar-refractivity contribution is 5.78. The first-order valence-electron chi connectivity index (χ1n) is 4.27. The Bertz CT molecular complexity index is 141. The van der Waals surface area contributed by atoms with E-state index in [1.54, 1.807) is 13.8 Å². The minimum absolute atomic E-state index is 0.293. The molecule has 0 aromatic heterocycles. The lowest BCUT2D eigenvalue weighted by atomic mass is 10.1. The zero-order valence-corrected chi connectivity index (χ0v) is 8.35. The molecule has 0 aromatic carbocycles. The normalized spacial score (nSPS) is 11.3. The maximum absolute atomic E-state index is 11.2. The molecule has 3 nitrogen and oxygen atoms in total. The molecule has 0 aliphatic carbocycles. The predicted octanol–water partition coefficient (Wildman–Crippen LogP) is 1.75. The molecule has 0 spiro atoms. The molecule has 0 atom stereocenters. The lowest BCUT2D eigenvalue weighted by Gasteiger charge is -2.20. The highest BCUT2D eigenvalue weighted by Crippen LogP contribution is 2.09. The second-order valence-electron chi connectivity index (χ2n) is 3.20. The van der Waals surface area contributed by atoms with Crippen LogP contribution < -0.4 is 0 Å². The molecule has 12 heavy (non-hydrogen) atoms. The molecule has 0 heterocycles. The van der Waals surface area contributed by atoms with Gasteiger partial charge in [-0.15, -0.1) is 0 Å². The largest absolute Gasteiger partial charge is 0.464 e. The van der Waals surface area contributed by atoms with Gasteiger partial charge in [0.2, 0.25) is 0 Å². The van der Waals surface area contributed by atoms with E-state index < -0.39 is 5.60 Å². The molecule has 0 saturated heterocycles. The van der Waals surface area contributed by atoms with Crippen LogP contribution in [0.1, 0.15) is 33.6 Å². The van der Waals surface area contributed by atoms with Gasteiger partial charge in [-0.2, -0.15) is 0 Å². The summed E-state index contributed by atoms with van der Waals surface area (Å²) in [7, 11) is 1.50. The summed E-state index contributed by atoms with van der Waals surface area (Å²) in [5.41, 5.74) is -0.812. The fraction of sp³-hybridized carbons (Fsp3) is 0.889. The van der Waals surface area contributed by atoms with Crippen LogP contribution in [-0.2, 0) is 14.3 Å². The second kappa shape index (κ2) is 5.14. The summed E-state index contributed by atoms with van der Waals surface area (Å²) in [5, 5.41) is 0. The van der Waals surface area contributed by atoms with E-state index in [1.807, 2.05) is 0 Å². The number of rotatable bonds is 5. The second-order valence-corrected chi connectivity index (χ2v) is 3.20. The van der Waals surface area contributed by atoms with E-state index in [4.69, 9.17) is 9.47 Å². The summed E-state index contributed by atoms with van der Waals surface area (Å²) < 4.78 is 9.93. The SMILES string of the molecule is CCCCOC(=O)C(C)(C)OC. The number of ether oxygens (including phenoxy) is 2. The highest BCUT2D eigenvalue weighted by atomic mass is 16.6. The Morgan fingerprint density at radius 2 is 2.00 bits per heavy atom. The molecule has 0 amide bonds. The summed E-state index contributed by atoms with van der Waals surface area (Å²) in [4.78, 5) is 11.2. The van der Waals surface area contributed by atoms with Gasteiger partial charge in [-0.3, -0.25) is 0 Å². The fourth-order valence-electron chi connectivity index (χ4n) is 0.566. The van der Waals surface area contributed by atoms with Gasteiger partial charge in [-0.05, 0) is 20.3 Å². The smallest absolute Gasteiger partial charge is 0.337 e. The van der Waals surface area contributed by atoms with Crippen LogP contribution in [0.15, 0.2) is 0 Å². The number of hydrogen-bond donors (Lipinski definition) is 0. The zero-order valence-electron chi connectivity index (χ0n) is 8.35. The lowest BCUT2D eigenvalue weighted by Crippen LogP contribution is -2.35. The summed E-state index contributed by atoms with van der Waals surface area (Å²) in [5.74, 6) is -0.293. The van der Waals surface area contributed by atoms with E-state index >= 15 is 0 Å². The Kier molecular flexibility index (Phi) is 4.90. The lowest BCUT2D eigenvalue weighted by molar-refractivity contribution is -0.165. The quantitative estimate of drug-likeness (QED) is 0.470. The number of carbonyl (C=O) groups excluding carboxylic acids is 1. The van der Waals surface area contributed by atoms with Gasteiger partial charge in [0, 0.05) is 7.11 Å². The molecule has 3 heteroatoms. The summed E-state index contributed by atoms with van der Waals surface area (Å²) in [6.07, 6.45) is 1.94. The Hall–Kier alpha value is -0.570. The van der Waals surface area contributed by atoms with Crippen LogP contribution >= 0.6 is 0 Å². The van der Waals surface area contributed by atoms with Crippen molar-refractivity contribution in [3.05, 3.63) is 0 Å². The molecule has 0 N–H and O–H groups in total. The first-order valence-corrected chi connectivity index (χ1v) is 4.27. The number of methoxy groups -OCH3 is 1. The Morgan fingerprint density at radius 3 is 2.42 bits per heavy atom. The van der Waals surface area contributed by atoms with Gasteiger partial charge >= 0.3 is 5.97 Å². The number of unbranched alkanes of at least 4 members (excludes halogenated alkanes) is 1. The van der Waals surface area contributed by atoms with Crippen LogP contribution in [0, 0.1) is 0 Å². The predicted molar refractivity (Wildman–Crippen MR) is 47.0 cm³/mol. The first-order chi connectivity index (χ1) is 5.54. The third-order valence-electron chi connectivity index (χ3n) is 1.73. The van der Waals surface area contributed by atoms with Crippen molar-refractivity contribution in [3.63, 3.8) is 0 Å². The molecule has 0 rings (SSSR count). The maximum Gasteiger partial charge on any atom is 0.337 e. The van der Waals surface area contributed by atoms with Gasteiger partial charge in [-0.1, -0.05) is 13.3 Å². The summed E-state index contributed by atoms with van der Waals surface area (Å²) in [6, 6.07) is 0. The van der Waals surface area contributed by atoms with Crippen molar-refractivity contribution < 1.29 is 14.3 Å². The maximum atomic E-state index is 11.2. The molecule has 0 aliphatic heterocycles. The molecular weight excluding hydrogens is 156 g/mol. The van der Waals surface area contributed by atoms with E-state index in [0.717, 1.165) is 12.8 Å². The molecule has 0 aliphatic rings. The Morgan fingerprint density at radius 1 is 1.42 bits per heavy atom. The number of esters is 1. The minimum atomic E-state index is -0.812. The van der Waals surface area contributed by atoms with E-state index in [0.29, 0.717) is 6.61 Å². The molecule has 0 bridgehead atoms. The van der Waals surface area contributed by atoms with Gasteiger partial charge in [-0.25, -0.2) is 4.79 Å². The molecule has 0 fully saturated rings. The molecule has 0 aromatic rings. The van der Waals surface area contributed by atoms with E-state index in [-0.39, 0.29) is 5.97 Å². The van der Waals surface area contributed by atoms with E-state index in [1.165, 1.54) is 7.11 Å². The van der Waals surface area contributed by atoms with Crippen molar-refractivity contribution in [2.24, 2.45) is 0 Å². The van der Waals surface area contributed by atoms with Crippen molar-refractivity contribution >= 4 is 5.97 Å². The standard InChI is InChI=1S/C9H18O3/c1-5-6-7-12-8(10)9(2,3)11-4/h5-7H2,1-4H3. The summed E-state index contributed by atoms with van der Waals surface area (Å²) in [6.45, 7) is 5.93. The fourth-order valence-corrected chi connectivity index (χ4v) is 0.566. The van der Waals surface area contributed by atoms with Gasteiger partial charge in [0.1, 0.15) is 0 Å². The number of carbonyl (C=O) groups is 1. The summed E-state index contributed by atoms with van der Waals surface area (Å²) >= 11 is 0. The average molecular weight is 174 g/mol. The molecule has 0 radical (unpaired) electrons. The van der Waals surface area contributed by atoms with Crippen LogP contribution in [0.5, 0.6) is 0 Å². The third kappa shape index (κ3) is 3.72. The van der Waals surface area contributed by atoms with Gasteiger partial charge < -0.3 is 9.47 Å².